The first-order valence-electron chi connectivity index (χ1n) is 6.55. The third-order valence-corrected chi connectivity index (χ3v) is 3.53. The highest BCUT2D eigenvalue weighted by molar-refractivity contribution is 6.32. The Morgan fingerprint density at radius 1 is 1.36 bits per heavy atom. The number of hydrogen-bond acceptors (Lipinski definition) is 4. The van der Waals surface area contributed by atoms with E-state index in [-0.39, 0.29) is 11.1 Å². The van der Waals surface area contributed by atoms with E-state index >= 15 is 0 Å². The number of hydrogen-bond donors (Lipinski definition) is 1. The Morgan fingerprint density at radius 3 is 2.91 bits per heavy atom. The van der Waals surface area contributed by atoms with Crippen LogP contribution in [0.1, 0.15) is 16.2 Å². The normalized spacial score (nSPS) is 10.7. The van der Waals surface area contributed by atoms with Gasteiger partial charge in [-0.05, 0) is 31.2 Å². The fraction of sp³-hybridized carbons (Fsp3) is 0.133. The van der Waals surface area contributed by atoms with Crippen LogP contribution in [-0.2, 0) is 0 Å². The molecule has 0 spiro atoms. The topological polar surface area (TPSA) is 68.5 Å². The lowest BCUT2D eigenvalue weighted by molar-refractivity contribution is 0.102. The first-order chi connectivity index (χ1) is 10.6. The Bertz CT molecular complexity index is 860. The van der Waals surface area contributed by atoms with Gasteiger partial charge in [-0.15, -0.1) is 0 Å². The van der Waals surface area contributed by atoms with Crippen molar-refractivity contribution in [3.05, 3.63) is 53.2 Å². The van der Waals surface area contributed by atoms with Gasteiger partial charge in [0.05, 0.1) is 18.5 Å². The van der Waals surface area contributed by atoms with Crippen molar-refractivity contribution < 1.29 is 9.53 Å². The molecule has 0 aliphatic carbocycles. The third-order valence-electron chi connectivity index (χ3n) is 3.23. The van der Waals surface area contributed by atoms with E-state index in [0.29, 0.717) is 28.5 Å². The highest BCUT2D eigenvalue weighted by Crippen LogP contribution is 2.23. The van der Waals surface area contributed by atoms with Crippen molar-refractivity contribution in [2.45, 2.75) is 6.92 Å². The predicted octanol–water partition coefficient (Wildman–Crippen LogP) is 2.95. The number of imidazole rings is 1. The molecule has 112 valence electrons. The Morgan fingerprint density at radius 2 is 2.18 bits per heavy atom. The van der Waals surface area contributed by atoms with Crippen LogP contribution in [0.2, 0.25) is 5.15 Å². The quantitative estimate of drug-likeness (QED) is 0.754. The van der Waals surface area contributed by atoms with Crippen LogP contribution in [-0.4, -0.2) is 27.4 Å². The number of rotatable bonds is 3. The molecule has 0 saturated carbocycles. The van der Waals surface area contributed by atoms with Gasteiger partial charge in [0, 0.05) is 12.4 Å². The van der Waals surface area contributed by atoms with Crippen LogP contribution >= 0.6 is 11.6 Å². The van der Waals surface area contributed by atoms with E-state index < -0.39 is 0 Å². The first kappa shape index (κ1) is 14.3. The molecule has 3 aromatic heterocycles. The molecule has 3 rings (SSSR count). The van der Waals surface area contributed by atoms with Gasteiger partial charge in [0.2, 0.25) is 0 Å². The van der Waals surface area contributed by atoms with Crippen molar-refractivity contribution >= 4 is 28.8 Å². The molecule has 0 fully saturated rings. The summed E-state index contributed by atoms with van der Waals surface area (Å²) in [5.74, 6) is 0.289. The minimum absolute atomic E-state index is 0.236. The maximum atomic E-state index is 12.6. The summed E-state index contributed by atoms with van der Waals surface area (Å²) in [4.78, 5) is 20.9. The number of aryl methyl sites for hydroxylation is 1. The molecule has 0 saturated heterocycles. The Labute approximate surface area is 131 Å². The second kappa shape index (κ2) is 5.65. The number of amides is 1. The van der Waals surface area contributed by atoms with E-state index in [1.54, 1.807) is 55.1 Å². The van der Waals surface area contributed by atoms with Crippen LogP contribution in [0, 0.1) is 6.92 Å². The summed E-state index contributed by atoms with van der Waals surface area (Å²) < 4.78 is 6.96. The van der Waals surface area contributed by atoms with Crippen LogP contribution in [0.25, 0.3) is 5.65 Å². The molecule has 6 nitrogen and oxygen atoms in total. The molecule has 0 atom stereocenters. The van der Waals surface area contributed by atoms with Crippen molar-refractivity contribution in [1.29, 1.82) is 0 Å². The SMILES string of the molecule is COc1cccn2c(C(=O)Nc3cccnc3Cl)c(C)nc12. The van der Waals surface area contributed by atoms with Crippen molar-refractivity contribution in [2.75, 3.05) is 12.4 Å². The largest absolute Gasteiger partial charge is 0.493 e. The number of carbonyl (C=O) groups is 1. The standard InChI is InChI=1S/C15H13ClN4O2/c1-9-12(15(21)19-10-5-3-7-17-13(10)16)20-8-4-6-11(22-2)14(20)18-9/h3-8H,1-2H3,(H,19,21). The monoisotopic (exact) mass is 316 g/mol. The first-order valence-corrected chi connectivity index (χ1v) is 6.93. The number of carbonyl (C=O) groups excluding carboxylic acids is 1. The number of fused-ring (bicyclic) bond motifs is 1. The van der Waals surface area contributed by atoms with Gasteiger partial charge in [0.25, 0.3) is 5.91 Å². The Kier molecular flexibility index (Phi) is 3.68. The number of anilines is 1. The maximum absolute atomic E-state index is 12.6. The molecule has 3 heterocycles. The van der Waals surface area contributed by atoms with Crippen LogP contribution in [0.4, 0.5) is 5.69 Å². The van der Waals surface area contributed by atoms with E-state index in [0.717, 1.165) is 0 Å². The molecule has 0 bridgehead atoms. The molecule has 7 heteroatoms. The maximum Gasteiger partial charge on any atom is 0.274 e. The minimum Gasteiger partial charge on any atom is -0.493 e. The van der Waals surface area contributed by atoms with E-state index in [1.165, 1.54) is 0 Å². The molecule has 22 heavy (non-hydrogen) atoms. The van der Waals surface area contributed by atoms with Gasteiger partial charge in [0.15, 0.2) is 16.5 Å². The molecule has 0 aromatic carbocycles. The van der Waals surface area contributed by atoms with Gasteiger partial charge in [0.1, 0.15) is 5.69 Å². The van der Waals surface area contributed by atoms with Crippen molar-refractivity contribution in [3.63, 3.8) is 0 Å². The number of aromatic nitrogens is 3. The summed E-state index contributed by atoms with van der Waals surface area (Å²) in [7, 11) is 1.56. The predicted molar refractivity (Wildman–Crippen MR) is 83.7 cm³/mol. The van der Waals surface area contributed by atoms with Crippen molar-refractivity contribution in [1.82, 2.24) is 14.4 Å². The highest BCUT2D eigenvalue weighted by atomic mass is 35.5. The van der Waals surface area contributed by atoms with Crippen LogP contribution in [0.5, 0.6) is 5.75 Å². The summed E-state index contributed by atoms with van der Waals surface area (Å²) in [5, 5.41) is 2.98. The zero-order valence-electron chi connectivity index (χ0n) is 12.0. The fourth-order valence-electron chi connectivity index (χ4n) is 2.25. The highest BCUT2D eigenvalue weighted by Gasteiger charge is 2.19. The number of nitrogens with zero attached hydrogens (tertiary/aromatic N) is 3. The third kappa shape index (κ3) is 2.37. The zero-order valence-corrected chi connectivity index (χ0v) is 12.8. The van der Waals surface area contributed by atoms with E-state index in [9.17, 15) is 4.79 Å². The van der Waals surface area contributed by atoms with Gasteiger partial charge in [-0.2, -0.15) is 0 Å². The number of methoxy groups -OCH3 is 1. The molecule has 1 N–H and O–H groups in total. The minimum atomic E-state index is -0.312. The number of nitrogens with one attached hydrogen (secondary N) is 1. The fourth-order valence-corrected chi connectivity index (χ4v) is 2.42. The van der Waals surface area contributed by atoms with Gasteiger partial charge in [-0.1, -0.05) is 11.6 Å². The molecule has 1 amide bonds. The summed E-state index contributed by atoms with van der Waals surface area (Å²) in [6, 6.07) is 6.97. The summed E-state index contributed by atoms with van der Waals surface area (Å²) in [5.41, 5.74) is 2.06. The van der Waals surface area contributed by atoms with Crippen LogP contribution in [0.3, 0.4) is 0 Å². The number of halogens is 1. The van der Waals surface area contributed by atoms with Crippen molar-refractivity contribution in [3.8, 4) is 5.75 Å². The molecule has 0 radical (unpaired) electrons. The lowest BCUT2D eigenvalue weighted by atomic mass is 10.3. The molecule has 3 aromatic rings. The van der Waals surface area contributed by atoms with Crippen LogP contribution < -0.4 is 10.1 Å². The van der Waals surface area contributed by atoms with E-state index in [4.69, 9.17) is 16.3 Å². The summed E-state index contributed by atoms with van der Waals surface area (Å²) in [6.45, 7) is 1.77. The molecule has 0 aliphatic rings. The number of ether oxygens (including phenoxy) is 1. The zero-order chi connectivity index (χ0) is 15.7. The van der Waals surface area contributed by atoms with Gasteiger partial charge in [-0.3, -0.25) is 9.20 Å². The van der Waals surface area contributed by atoms with Gasteiger partial charge >= 0.3 is 0 Å². The molecule has 0 aliphatic heterocycles. The molecule has 0 unspecified atom stereocenters. The Balaban J connectivity index is 2.05. The lowest BCUT2D eigenvalue weighted by Crippen LogP contribution is -2.16. The Hall–Kier alpha value is -2.60. The second-order valence-electron chi connectivity index (χ2n) is 4.61. The number of pyridine rings is 2. The molecular weight excluding hydrogens is 304 g/mol. The van der Waals surface area contributed by atoms with Crippen molar-refractivity contribution in [2.24, 2.45) is 0 Å². The smallest absolute Gasteiger partial charge is 0.274 e. The van der Waals surface area contributed by atoms with Crippen LogP contribution in [0.15, 0.2) is 36.7 Å². The molecular formula is C15H13ClN4O2. The van der Waals surface area contributed by atoms with E-state index in [2.05, 4.69) is 15.3 Å². The average Bonchev–Trinajstić information content (AvgIpc) is 2.85. The van der Waals surface area contributed by atoms with E-state index in [1.807, 2.05) is 0 Å². The summed E-state index contributed by atoms with van der Waals surface area (Å²) >= 11 is 5.97. The average molecular weight is 317 g/mol. The van der Waals surface area contributed by atoms with Gasteiger partial charge in [-0.25, -0.2) is 9.97 Å². The second-order valence-corrected chi connectivity index (χ2v) is 4.97. The lowest BCUT2D eigenvalue weighted by Gasteiger charge is -2.07. The summed E-state index contributed by atoms with van der Waals surface area (Å²) in [6.07, 6.45) is 3.32. The van der Waals surface area contributed by atoms with Gasteiger partial charge < -0.3 is 10.1 Å².